The molecule has 2 aromatic rings. The predicted molar refractivity (Wildman–Crippen MR) is 107 cm³/mol. The maximum Gasteiger partial charge on any atom is 0.331 e. The number of carbonyl (C=O) groups is 2. The van der Waals surface area contributed by atoms with Crippen molar-refractivity contribution in [3.8, 4) is 0 Å². The van der Waals surface area contributed by atoms with Gasteiger partial charge in [-0.25, -0.2) is 4.79 Å². The van der Waals surface area contributed by atoms with Crippen molar-refractivity contribution in [2.24, 2.45) is 0 Å². The Kier molecular flexibility index (Phi) is 7.23. The molecule has 1 N–H and O–H groups in total. The van der Waals surface area contributed by atoms with Gasteiger partial charge in [0.15, 0.2) is 6.61 Å². The van der Waals surface area contributed by atoms with Gasteiger partial charge in [0.25, 0.3) is 5.91 Å². The minimum Gasteiger partial charge on any atom is -0.462 e. The quantitative estimate of drug-likeness (QED) is 0.561. The normalized spacial score (nSPS) is 11.0. The van der Waals surface area contributed by atoms with Gasteiger partial charge < -0.3 is 19.4 Å². The van der Waals surface area contributed by atoms with E-state index in [1.54, 1.807) is 12.1 Å². The number of aryl methyl sites for hydroxylation is 1. The Morgan fingerprint density at radius 1 is 1.19 bits per heavy atom. The van der Waals surface area contributed by atoms with Crippen molar-refractivity contribution in [3.63, 3.8) is 0 Å². The molecule has 1 heterocycles. The Hall–Kier alpha value is -3.02. The van der Waals surface area contributed by atoms with E-state index in [9.17, 15) is 9.59 Å². The molecule has 0 radical (unpaired) electrons. The van der Waals surface area contributed by atoms with E-state index < -0.39 is 11.9 Å². The molecule has 144 valence electrons. The zero-order valence-electron chi connectivity index (χ0n) is 16.2. The Morgan fingerprint density at radius 3 is 2.44 bits per heavy atom. The van der Waals surface area contributed by atoms with Gasteiger partial charge in [-0.2, -0.15) is 0 Å². The summed E-state index contributed by atoms with van der Waals surface area (Å²) in [5, 5.41) is 2.71. The van der Waals surface area contributed by atoms with Crippen molar-refractivity contribution in [2.45, 2.75) is 33.7 Å². The first-order valence-corrected chi connectivity index (χ1v) is 8.97. The number of hydrogen-bond acceptors (Lipinski definition) is 5. The summed E-state index contributed by atoms with van der Waals surface area (Å²) in [6, 6.07) is 11.5. The summed E-state index contributed by atoms with van der Waals surface area (Å²) in [6.45, 7) is 8.74. The molecule has 0 unspecified atom stereocenters. The summed E-state index contributed by atoms with van der Waals surface area (Å²) in [4.78, 5) is 25.8. The second-order valence-corrected chi connectivity index (χ2v) is 6.36. The summed E-state index contributed by atoms with van der Waals surface area (Å²) in [5.41, 5.74) is 1.75. The lowest BCUT2D eigenvalue weighted by Crippen LogP contribution is -2.30. The van der Waals surface area contributed by atoms with E-state index in [2.05, 4.69) is 31.0 Å². The van der Waals surface area contributed by atoms with E-state index in [1.165, 1.54) is 12.2 Å². The number of anilines is 2. The fourth-order valence-corrected chi connectivity index (χ4v) is 2.66. The number of amides is 1. The highest BCUT2D eigenvalue weighted by molar-refractivity contribution is 5.94. The molecule has 0 fully saturated rings. The van der Waals surface area contributed by atoms with E-state index in [-0.39, 0.29) is 6.61 Å². The average Bonchev–Trinajstić information content (AvgIpc) is 3.05. The number of carbonyl (C=O) groups excluding carboxylic acids is 2. The number of esters is 1. The Morgan fingerprint density at radius 2 is 1.89 bits per heavy atom. The van der Waals surface area contributed by atoms with Gasteiger partial charge in [0, 0.05) is 30.0 Å². The second kappa shape index (κ2) is 9.62. The maximum atomic E-state index is 11.9. The molecule has 1 aromatic heterocycles. The number of furan rings is 1. The van der Waals surface area contributed by atoms with Crippen LogP contribution in [-0.2, 0) is 14.3 Å². The molecule has 0 atom stereocenters. The smallest absolute Gasteiger partial charge is 0.331 e. The fraction of sp³-hybridized carbons (Fsp3) is 0.333. The molecule has 0 spiro atoms. The van der Waals surface area contributed by atoms with E-state index in [1.807, 2.05) is 31.2 Å². The van der Waals surface area contributed by atoms with Crippen LogP contribution in [0.25, 0.3) is 6.08 Å². The van der Waals surface area contributed by atoms with Crippen molar-refractivity contribution in [1.82, 2.24) is 0 Å². The van der Waals surface area contributed by atoms with Gasteiger partial charge >= 0.3 is 5.97 Å². The lowest BCUT2D eigenvalue weighted by molar-refractivity contribution is -0.142. The Labute approximate surface area is 159 Å². The molecule has 0 saturated carbocycles. The fourth-order valence-electron chi connectivity index (χ4n) is 2.66. The first-order chi connectivity index (χ1) is 12.9. The molecule has 0 aliphatic carbocycles. The SMILES string of the molecule is CCN(c1ccc(NC(=O)COC(=O)C=Cc2ccc(C)o2)cc1)C(C)C. The Bertz CT molecular complexity index is 791. The number of benzene rings is 1. The second-order valence-electron chi connectivity index (χ2n) is 6.36. The minimum atomic E-state index is -0.606. The van der Waals surface area contributed by atoms with Crippen molar-refractivity contribution in [3.05, 3.63) is 54.0 Å². The molecule has 1 amide bonds. The van der Waals surface area contributed by atoms with Crippen molar-refractivity contribution < 1.29 is 18.7 Å². The molecular weight excluding hydrogens is 344 g/mol. The molecule has 1 aromatic carbocycles. The highest BCUT2D eigenvalue weighted by Gasteiger charge is 2.09. The summed E-state index contributed by atoms with van der Waals surface area (Å²) in [7, 11) is 0. The Balaban J connectivity index is 1.81. The third kappa shape index (κ3) is 6.33. The highest BCUT2D eigenvalue weighted by Crippen LogP contribution is 2.19. The monoisotopic (exact) mass is 370 g/mol. The lowest BCUT2D eigenvalue weighted by atomic mass is 10.2. The topological polar surface area (TPSA) is 71.8 Å². The van der Waals surface area contributed by atoms with Crippen LogP contribution in [-0.4, -0.2) is 31.1 Å². The van der Waals surface area contributed by atoms with Crippen LogP contribution in [0.1, 0.15) is 32.3 Å². The van der Waals surface area contributed by atoms with Gasteiger partial charge in [-0.3, -0.25) is 4.79 Å². The minimum absolute atomic E-state index is 0.352. The van der Waals surface area contributed by atoms with Crippen LogP contribution in [0.4, 0.5) is 11.4 Å². The van der Waals surface area contributed by atoms with Crippen molar-refractivity contribution in [1.29, 1.82) is 0 Å². The number of ether oxygens (including phenoxy) is 1. The average molecular weight is 370 g/mol. The molecule has 0 saturated heterocycles. The van der Waals surface area contributed by atoms with Crippen LogP contribution >= 0.6 is 0 Å². The molecule has 0 bridgehead atoms. The highest BCUT2D eigenvalue weighted by atomic mass is 16.5. The van der Waals surface area contributed by atoms with Crippen molar-refractivity contribution >= 4 is 29.3 Å². The van der Waals surface area contributed by atoms with Crippen LogP contribution in [0, 0.1) is 6.92 Å². The molecule has 6 heteroatoms. The van der Waals surface area contributed by atoms with Gasteiger partial charge in [0.2, 0.25) is 0 Å². The zero-order chi connectivity index (χ0) is 19.8. The zero-order valence-corrected chi connectivity index (χ0v) is 16.2. The van der Waals surface area contributed by atoms with Crippen LogP contribution < -0.4 is 10.2 Å². The van der Waals surface area contributed by atoms with Gasteiger partial charge in [-0.05, 0) is 70.2 Å². The van der Waals surface area contributed by atoms with Crippen molar-refractivity contribution in [2.75, 3.05) is 23.4 Å². The number of hydrogen-bond donors (Lipinski definition) is 1. The number of nitrogens with zero attached hydrogens (tertiary/aromatic N) is 1. The molecular formula is C21H26N2O4. The van der Waals surface area contributed by atoms with Gasteiger partial charge in [-0.1, -0.05) is 0 Å². The molecule has 2 rings (SSSR count). The maximum absolute atomic E-state index is 11.9. The molecule has 6 nitrogen and oxygen atoms in total. The number of nitrogens with one attached hydrogen (secondary N) is 1. The van der Waals surface area contributed by atoms with Gasteiger partial charge in [-0.15, -0.1) is 0 Å². The van der Waals surface area contributed by atoms with Crippen LogP contribution in [0.5, 0.6) is 0 Å². The molecule has 0 aliphatic rings. The largest absolute Gasteiger partial charge is 0.462 e. The third-order valence-electron chi connectivity index (χ3n) is 3.94. The summed E-state index contributed by atoms with van der Waals surface area (Å²) < 4.78 is 10.2. The van der Waals surface area contributed by atoms with E-state index in [4.69, 9.17) is 9.15 Å². The standard InChI is InChI=1S/C21H26N2O4/c1-5-23(15(2)3)18-9-7-17(8-10-18)22-20(24)14-26-21(25)13-12-19-11-6-16(4)27-19/h6-13,15H,5,14H2,1-4H3,(H,22,24). The van der Waals surface area contributed by atoms with Gasteiger partial charge in [0.1, 0.15) is 11.5 Å². The van der Waals surface area contributed by atoms with E-state index in [0.717, 1.165) is 18.0 Å². The lowest BCUT2D eigenvalue weighted by Gasteiger charge is -2.27. The third-order valence-corrected chi connectivity index (χ3v) is 3.94. The van der Waals surface area contributed by atoms with E-state index >= 15 is 0 Å². The molecule has 0 aliphatic heterocycles. The van der Waals surface area contributed by atoms with Crippen LogP contribution in [0.15, 0.2) is 46.9 Å². The predicted octanol–water partition coefficient (Wildman–Crippen LogP) is 4.02. The first-order valence-electron chi connectivity index (χ1n) is 8.97. The number of rotatable bonds is 8. The van der Waals surface area contributed by atoms with Crippen LogP contribution in [0.3, 0.4) is 0 Å². The first kappa shape index (κ1) is 20.3. The summed E-state index contributed by atoms with van der Waals surface area (Å²) in [5.74, 6) is 0.306. The van der Waals surface area contributed by atoms with Gasteiger partial charge in [0.05, 0.1) is 0 Å². The van der Waals surface area contributed by atoms with Crippen LogP contribution in [0.2, 0.25) is 0 Å². The summed E-state index contributed by atoms with van der Waals surface area (Å²) >= 11 is 0. The molecule has 27 heavy (non-hydrogen) atoms. The summed E-state index contributed by atoms with van der Waals surface area (Å²) in [6.07, 6.45) is 2.73. The van der Waals surface area contributed by atoms with E-state index in [0.29, 0.717) is 17.5 Å².